The first kappa shape index (κ1) is 33.9. The Morgan fingerprint density at radius 3 is 2.00 bits per heavy atom. The number of non-ortho nitro benzene ring substituents is 1. The molecule has 0 radical (unpaired) electrons. The number of nitrogens with one attached hydrogen (secondary N) is 1. The fourth-order valence-electron chi connectivity index (χ4n) is 2.13. The van der Waals surface area contributed by atoms with Crippen LogP contribution < -0.4 is 9.46 Å². The number of methoxy groups -OCH3 is 1. The van der Waals surface area contributed by atoms with E-state index < -0.39 is 14.9 Å². The molecule has 13 heteroatoms. The van der Waals surface area contributed by atoms with E-state index in [0.717, 1.165) is 18.4 Å². The maximum atomic E-state index is 11.8. The lowest BCUT2D eigenvalue weighted by molar-refractivity contribution is -0.384. The number of ether oxygens (including phenoxy) is 1. The number of nitro groups is 1. The topological polar surface area (TPSA) is 136 Å². The van der Waals surface area contributed by atoms with Crippen molar-refractivity contribution in [1.29, 1.82) is 0 Å². The summed E-state index contributed by atoms with van der Waals surface area (Å²) < 4.78 is 31.9. The van der Waals surface area contributed by atoms with Gasteiger partial charge < -0.3 is 14.6 Å². The molecule has 190 valence electrons. The van der Waals surface area contributed by atoms with Crippen molar-refractivity contribution < 1.29 is 28.0 Å². The first-order chi connectivity index (χ1) is 16.2. The first-order valence-electron chi connectivity index (χ1n) is 9.58. The molecule has 9 nitrogen and oxygen atoms in total. The van der Waals surface area contributed by atoms with Crippen molar-refractivity contribution in [2.45, 2.75) is 25.0 Å². The molecule has 1 aromatic heterocycles. The number of aliphatic hydroxyl groups excluding tert-OH is 1. The lowest BCUT2D eigenvalue weighted by Crippen LogP contribution is -2.22. The highest BCUT2D eigenvalue weighted by Crippen LogP contribution is 2.37. The summed E-state index contributed by atoms with van der Waals surface area (Å²) in [4.78, 5) is 17.7. The Balaban J connectivity index is 0. The third kappa shape index (κ3) is 10.3. The molecule has 0 saturated carbocycles. The summed E-state index contributed by atoms with van der Waals surface area (Å²) in [5, 5.41) is 18.8. The van der Waals surface area contributed by atoms with E-state index in [-0.39, 0.29) is 9.90 Å². The Hall–Kier alpha value is -2.28. The van der Waals surface area contributed by atoms with Crippen LogP contribution in [0.4, 0.5) is 5.69 Å². The van der Waals surface area contributed by atoms with Crippen LogP contribution in [0.5, 0.6) is 5.75 Å². The summed E-state index contributed by atoms with van der Waals surface area (Å²) in [6, 6.07) is 10.8. The summed E-state index contributed by atoms with van der Waals surface area (Å²) in [6.07, 6.45) is 0. The Kier molecular flexibility index (Phi) is 18.0. The minimum atomic E-state index is -3.45. The summed E-state index contributed by atoms with van der Waals surface area (Å²) >= 11 is 13.1. The molecule has 0 spiro atoms. The van der Waals surface area contributed by atoms with Gasteiger partial charge in [-0.2, -0.15) is 0 Å². The average molecular weight is 556 g/mol. The molecule has 0 saturated heterocycles. The van der Waals surface area contributed by atoms with Gasteiger partial charge in [0.25, 0.3) is 5.69 Å². The lowest BCUT2D eigenvalue weighted by atomic mass is 10.3. The van der Waals surface area contributed by atoms with Crippen molar-refractivity contribution >= 4 is 67.1 Å². The normalized spacial score (nSPS) is 9.53. The molecule has 0 unspecified atom stereocenters. The number of benzene rings is 2. The number of hydrogen-bond acceptors (Lipinski definition) is 8. The SMILES string of the molecule is C=O.CC.CCNS(=O)(=O)c1cc2c(Cl)ccc(Cl)c2s1.CO.COc1ccc([N+](=O)[O-])cc1. The number of hydrogen-bond donors (Lipinski definition) is 2. The van der Waals surface area contributed by atoms with Crippen molar-refractivity contribution in [3.63, 3.8) is 0 Å². The van der Waals surface area contributed by atoms with E-state index in [9.17, 15) is 18.5 Å². The standard InChI is InChI=1S/C10H9Cl2NO2S2.C7H7NO3.C2H6.CH4O.CH2O/c1-2-13-17(14,15)9-5-6-7(11)3-4-8(12)10(6)16-9;1-11-7-4-2-6(3-5-7)8(9)10;3*1-2/h3-5,13H,2H2,1H3;2-5H,1H3;1-2H3;2H,1H3;1H2. The molecule has 3 rings (SSSR count). The van der Waals surface area contributed by atoms with Crippen molar-refractivity contribution in [3.8, 4) is 5.75 Å². The Morgan fingerprint density at radius 1 is 1.09 bits per heavy atom. The highest BCUT2D eigenvalue weighted by Gasteiger charge is 2.18. The summed E-state index contributed by atoms with van der Waals surface area (Å²) in [7, 11) is -0.939. The molecule has 0 amide bonds. The van der Waals surface area contributed by atoms with E-state index in [1.165, 1.54) is 19.2 Å². The maximum Gasteiger partial charge on any atom is 0.269 e. The van der Waals surface area contributed by atoms with Gasteiger partial charge in [0.15, 0.2) is 0 Å². The zero-order valence-corrected chi connectivity index (χ0v) is 22.5. The maximum absolute atomic E-state index is 11.8. The highest BCUT2D eigenvalue weighted by atomic mass is 35.5. The van der Waals surface area contributed by atoms with Gasteiger partial charge in [-0.25, -0.2) is 13.1 Å². The number of fused-ring (bicyclic) bond motifs is 1. The number of thiophene rings is 1. The predicted octanol–water partition coefficient (Wildman–Crippen LogP) is 5.56. The Labute approximate surface area is 213 Å². The number of rotatable bonds is 5. The average Bonchev–Trinajstić information content (AvgIpc) is 3.34. The van der Waals surface area contributed by atoms with Gasteiger partial charge in [0.05, 0.1) is 21.8 Å². The van der Waals surface area contributed by atoms with Gasteiger partial charge >= 0.3 is 0 Å². The molecule has 2 aromatic carbocycles. The van der Waals surface area contributed by atoms with Crippen LogP contribution in [0.25, 0.3) is 10.1 Å². The van der Waals surface area contributed by atoms with Crippen molar-refractivity contribution in [2.75, 3.05) is 20.8 Å². The lowest BCUT2D eigenvalue weighted by Gasteiger charge is -1.99. The number of aliphatic hydroxyl groups is 1. The first-order valence-corrected chi connectivity index (χ1v) is 12.6. The van der Waals surface area contributed by atoms with Gasteiger partial charge in [0.2, 0.25) is 10.0 Å². The van der Waals surface area contributed by atoms with Crippen molar-refractivity contribution in [2.24, 2.45) is 0 Å². The van der Waals surface area contributed by atoms with Crippen LogP contribution in [-0.4, -0.2) is 46.0 Å². The van der Waals surface area contributed by atoms with Gasteiger partial charge in [0, 0.05) is 36.2 Å². The van der Waals surface area contributed by atoms with Crippen LogP contribution in [0.3, 0.4) is 0 Å². The van der Waals surface area contributed by atoms with Gasteiger partial charge in [-0.15, -0.1) is 11.3 Å². The molecule has 2 N–H and O–H groups in total. The Morgan fingerprint density at radius 2 is 1.59 bits per heavy atom. The van der Waals surface area contributed by atoms with Gasteiger partial charge in [-0.3, -0.25) is 10.1 Å². The van der Waals surface area contributed by atoms with Gasteiger partial charge in [-0.1, -0.05) is 44.0 Å². The molecule has 1 heterocycles. The monoisotopic (exact) mass is 554 g/mol. The zero-order chi connectivity index (χ0) is 26.9. The molecule has 34 heavy (non-hydrogen) atoms. The number of carbonyl (C=O) groups excluding carboxylic acids is 1. The van der Waals surface area contributed by atoms with E-state index in [0.29, 0.717) is 32.4 Å². The number of nitrogens with zero attached hydrogens (tertiary/aromatic N) is 1. The summed E-state index contributed by atoms with van der Waals surface area (Å²) in [6.45, 7) is 8.07. The second kappa shape index (κ2) is 18.1. The van der Waals surface area contributed by atoms with E-state index >= 15 is 0 Å². The van der Waals surface area contributed by atoms with E-state index in [4.69, 9.17) is 37.8 Å². The van der Waals surface area contributed by atoms with Crippen LogP contribution in [-0.2, 0) is 14.8 Å². The van der Waals surface area contributed by atoms with Crippen molar-refractivity contribution in [3.05, 3.63) is 62.6 Å². The van der Waals surface area contributed by atoms with E-state index in [1.807, 2.05) is 20.6 Å². The van der Waals surface area contributed by atoms with E-state index in [1.54, 1.807) is 37.3 Å². The molecule has 0 aliphatic carbocycles. The largest absolute Gasteiger partial charge is 0.497 e. The molecular formula is C21H28Cl2N2O7S2. The van der Waals surface area contributed by atoms with Crippen LogP contribution in [0, 0.1) is 10.1 Å². The second-order valence-corrected chi connectivity index (χ2v) is 9.15. The van der Waals surface area contributed by atoms with E-state index in [2.05, 4.69) is 4.72 Å². The second-order valence-electron chi connectivity index (χ2n) is 5.29. The van der Waals surface area contributed by atoms with Gasteiger partial charge in [-0.05, 0) is 30.3 Å². The minimum absolute atomic E-state index is 0.0748. The number of halogens is 2. The summed E-state index contributed by atoms with van der Waals surface area (Å²) in [5.74, 6) is 0.621. The molecule has 0 aliphatic heterocycles. The fourth-order valence-corrected chi connectivity index (χ4v) is 5.16. The molecule has 3 aromatic rings. The molecule has 0 fully saturated rings. The molecule has 0 atom stereocenters. The third-order valence-corrected chi connectivity index (χ3v) is 7.39. The highest BCUT2D eigenvalue weighted by molar-refractivity contribution is 7.91. The minimum Gasteiger partial charge on any atom is -0.497 e. The smallest absolute Gasteiger partial charge is 0.269 e. The fraction of sp³-hybridized carbons (Fsp3) is 0.286. The third-order valence-electron chi connectivity index (χ3n) is 3.44. The number of carbonyl (C=O) groups is 1. The summed E-state index contributed by atoms with van der Waals surface area (Å²) in [5.41, 5.74) is 0.0748. The zero-order valence-electron chi connectivity index (χ0n) is 19.4. The predicted molar refractivity (Wildman–Crippen MR) is 139 cm³/mol. The number of nitro benzene ring substituents is 1. The molecular weight excluding hydrogens is 527 g/mol. The molecule has 0 bridgehead atoms. The molecule has 0 aliphatic rings. The Bertz CT molecular complexity index is 1070. The van der Waals surface area contributed by atoms with Crippen molar-refractivity contribution in [1.82, 2.24) is 4.72 Å². The van der Waals surface area contributed by atoms with Crippen LogP contribution in [0.1, 0.15) is 20.8 Å². The number of sulfonamides is 1. The van der Waals surface area contributed by atoms with Crippen LogP contribution >= 0.6 is 34.5 Å². The quantitative estimate of drug-likeness (QED) is 0.311. The van der Waals surface area contributed by atoms with Crippen LogP contribution in [0.2, 0.25) is 10.0 Å². The van der Waals surface area contributed by atoms with Gasteiger partial charge in [0.1, 0.15) is 16.7 Å². The van der Waals surface area contributed by atoms with Crippen LogP contribution in [0.15, 0.2) is 46.7 Å².